The average Bonchev–Trinajstić information content (AvgIpc) is 2.44. The van der Waals surface area contributed by atoms with Gasteiger partial charge in [-0.05, 0) is 36.2 Å². The molecule has 1 amide bonds. The van der Waals surface area contributed by atoms with E-state index in [0.717, 1.165) is 18.5 Å². The number of amides is 1. The maximum absolute atomic E-state index is 13.1. The van der Waals surface area contributed by atoms with Gasteiger partial charge in [-0.3, -0.25) is 4.79 Å². The summed E-state index contributed by atoms with van der Waals surface area (Å²) in [7, 11) is 0. The van der Waals surface area contributed by atoms with Crippen molar-refractivity contribution >= 4 is 17.5 Å². The van der Waals surface area contributed by atoms with Gasteiger partial charge in [0.25, 0.3) is 5.91 Å². The van der Waals surface area contributed by atoms with Crippen LogP contribution < -0.4 is 5.32 Å². The first kappa shape index (κ1) is 15.4. The monoisotopic (exact) mass is 306 g/mol. The molecule has 0 unspecified atom stereocenters. The zero-order valence-corrected chi connectivity index (χ0v) is 12.5. The summed E-state index contributed by atoms with van der Waals surface area (Å²) in [6.07, 6.45) is 1.70. The van der Waals surface area contributed by atoms with Crippen molar-refractivity contribution in [3.63, 3.8) is 0 Å². The molecule has 1 aromatic carbocycles. The normalized spacial score (nSPS) is 10.4. The topological polar surface area (TPSA) is 42.0 Å². The van der Waals surface area contributed by atoms with Crippen molar-refractivity contribution in [2.75, 3.05) is 0 Å². The molecule has 5 heteroatoms. The summed E-state index contributed by atoms with van der Waals surface area (Å²) in [6, 6.07) is 9.39. The quantitative estimate of drug-likeness (QED) is 0.855. The molecule has 2 rings (SSSR count). The van der Waals surface area contributed by atoms with Crippen LogP contribution in [0, 0.1) is 5.82 Å². The van der Waals surface area contributed by atoms with Gasteiger partial charge < -0.3 is 5.32 Å². The number of hydrogen-bond acceptors (Lipinski definition) is 2. The van der Waals surface area contributed by atoms with E-state index in [2.05, 4.69) is 10.3 Å². The minimum atomic E-state index is -0.320. The van der Waals surface area contributed by atoms with Crippen molar-refractivity contribution in [2.45, 2.75) is 26.3 Å². The summed E-state index contributed by atoms with van der Waals surface area (Å²) in [5, 5.41) is 3.05. The zero-order chi connectivity index (χ0) is 15.2. The largest absolute Gasteiger partial charge is 0.348 e. The lowest BCUT2D eigenvalue weighted by Crippen LogP contribution is -2.23. The van der Waals surface area contributed by atoms with Crippen molar-refractivity contribution in [1.82, 2.24) is 10.3 Å². The molecular weight excluding hydrogens is 291 g/mol. The molecule has 0 atom stereocenters. The molecule has 0 bridgehead atoms. The number of carbonyl (C=O) groups excluding carboxylic acids is 1. The highest BCUT2D eigenvalue weighted by Gasteiger charge is 2.09. The van der Waals surface area contributed by atoms with Crippen molar-refractivity contribution in [3.05, 3.63) is 64.2 Å². The Hall–Kier alpha value is -1.94. The number of halogens is 2. The lowest BCUT2D eigenvalue weighted by atomic mass is 10.1. The highest BCUT2D eigenvalue weighted by molar-refractivity contribution is 6.29. The number of pyridine rings is 1. The first-order valence-corrected chi connectivity index (χ1v) is 7.15. The summed E-state index contributed by atoms with van der Waals surface area (Å²) in [6.45, 7) is 2.30. The van der Waals surface area contributed by atoms with Crippen LogP contribution >= 0.6 is 11.6 Å². The van der Waals surface area contributed by atoms with Crippen LogP contribution in [-0.2, 0) is 13.0 Å². The van der Waals surface area contributed by atoms with E-state index in [9.17, 15) is 9.18 Å². The van der Waals surface area contributed by atoms with Crippen LogP contribution in [0.15, 0.2) is 36.4 Å². The fourth-order valence-electron chi connectivity index (χ4n) is 2.00. The number of nitrogens with one attached hydrogen (secondary N) is 1. The van der Waals surface area contributed by atoms with Gasteiger partial charge in [0.05, 0.1) is 0 Å². The Kier molecular flexibility index (Phi) is 5.28. The summed E-state index contributed by atoms with van der Waals surface area (Å²) in [5.74, 6) is -0.570. The number of aryl methyl sites for hydroxylation is 1. The fourth-order valence-corrected chi connectivity index (χ4v) is 2.22. The zero-order valence-electron chi connectivity index (χ0n) is 11.7. The van der Waals surface area contributed by atoms with Crippen LogP contribution in [0.3, 0.4) is 0 Å². The molecule has 0 fully saturated rings. The van der Waals surface area contributed by atoms with Crippen LogP contribution in [0.4, 0.5) is 4.39 Å². The Morgan fingerprint density at radius 1 is 1.33 bits per heavy atom. The number of aromatic nitrogens is 1. The second kappa shape index (κ2) is 7.18. The minimum absolute atomic E-state index is 0.249. The molecule has 0 radical (unpaired) electrons. The van der Waals surface area contributed by atoms with Crippen LogP contribution in [0.25, 0.3) is 0 Å². The molecule has 1 N–H and O–H groups in total. The number of benzene rings is 1. The van der Waals surface area contributed by atoms with Crippen LogP contribution in [0.2, 0.25) is 5.15 Å². The van der Waals surface area contributed by atoms with Gasteiger partial charge >= 0.3 is 0 Å². The molecule has 1 aromatic heterocycles. The van der Waals surface area contributed by atoms with E-state index in [1.165, 1.54) is 18.2 Å². The molecule has 0 aliphatic carbocycles. The third-order valence-corrected chi connectivity index (χ3v) is 3.15. The van der Waals surface area contributed by atoms with Gasteiger partial charge in [-0.1, -0.05) is 37.1 Å². The summed E-state index contributed by atoms with van der Waals surface area (Å²) in [4.78, 5) is 16.3. The molecule has 21 heavy (non-hydrogen) atoms. The Balaban J connectivity index is 2.06. The Bertz CT molecular complexity index is 646. The Morgan fingerprint density at radius 3 is 2.86 bits per heavy atom. The predicted molar refractivity (Wildman–Crippen MR) is 80.8 cm³/mol. The van der Waals surface area contributed by atoms with Gasteiger partial charge in [0, 0.05) is 17.8 Å². The predicted octanol–water partition coefficient (Wildman–Crippen LogP) is 3.76. The Morgan fingerprint density at radius 2 is 2.14 bits per heavy atom. The Labute approximate surface area is 128 Å². The second-order valence-electron chi connectivity index (χ2n) is 4.73. The third kappa shape index (κ3) is 4.53. The molecular formula is C16H16ClFN2O. The molecule has 110 valence electrons. The smallest absolute Gasteiger partial charge is 0.251 e. The summed E-state index contributed by atoms with van der Waals surface area (Å²) >= 11 is 5.93. The molecule has 0 aliphatic rings. The third-order valence-electron chi connectivity index (χ3n) is 2.96. The van der Waals surface area contributed by atoms with Gasteiger partial charge in [0.1, 0.15) is 11.0 Å². The van der Waals surface area contributed by atoms with E-state index in [-0.39, 0.29) is 18.3 Å². The van der Waals surface area contributed by atoms with Crippen molar-refractivity contribution in [1.29, 1.82) is 0 Å². The molecule has 0 saturated carbocycles. The van der Waals surface area contributed by atoms with Gasteiger partial charge in [0.2, 0.25) is 0 Å². The first-order valence-electron chi connectivity index (χ1n) is 6.77. The van der Waals surface area contributed by atoms with E-state index < -0.39 is 0 Å². The average molecular weight is 307 g/mol. The molecule has 0 saturated heterocycles. The van der Waals surface area contributed by atoms with Crippen LogP contribution in [0.1, 0.15) is 35.0 Å². The lowest BCUT2D eigenvalue weighted by Gasteiger charge is -2.07. The van der Waals surface area contributed by atoms with Crippen molar-refractivity contribution in [2.24, 2.45) is 0 Å². The van der Waals surface area contributed by atoms with E-state index in [4.69, 9.17) is 11.6 Å². The van der Waals surface area contributed by atoms with Gasteiger partial charge in [-0.25, -0.2) is 9.37 Å². The lowest BCUT2D eigenvalue weighted by molar-refractivity contribution is 0.0950. The van der Waals surface area contributed by atoms with Gasteiger partial charge in [-0.2, -0.15) is 0 Å². The molecule has 0 aliphatic heterocycles. The van der Waals surface area contributed by atoms with Gasteiger partial charge in [0.15, 0.2) is 0 Å². The SMILES string of the molecule is CCCc1cc(C(=O)NCc2cccc(F)c2)cc(Cl)n1. The highest BCUT2D eigenvalue weighted by Crippen LogP contribution is 2.13. The highest BCUT2D eigenvalue weighted by atomic mass is 35.5. The van der Waals surface area contributed by atoms with Gasteiger partial charge in [-0.15, -0.1) is 0 Å². The maximum Gasteiger partial charge on any atom is 0.251 e. The minimum Gasteiger partial charge on any atom is -0.348 e. The first-order chi connectivity index (χ1) is 10.1. The number of rotatable bonds is 5. The molecule has 1 heterocycles. The second-order valence-corrected chi connectivity index (χ2v) is 5.12. The van der Waals surface area contributed by atoms with E-state index in [1.807, 2.05) is 6.92 Å². The van der Waals surface area contributed by atoms with Crippen molar-refractivity contribution in [3.8, 4) is 0 Å². The fraction of sp³-hybridized carbons (Fsp3) is 0.250. The molecule has 2 aromatic rings. The number of nitrogens with zero attached hydrogens (tertiary/aromatic N) is 1. The van der Waals surface area contributed by atoms with E-state index >= 15 is 0 Å². The number of hydrogen-bond donors (Lipinski definition) is 1. The van der Waals surface area contributed by atoms with Crippen LogP contribution in [-0.4, -0.2) is 10.9 Å². The maximum atomic E-state index is 13.1. The summed E-state index contributed by atoms with van der Waals surface area (Å²) in [5.41, 5.74) is 1.97. The van der Waals surface area contributed by atoms with Crippen LogP contribution in [0.5, 0.6) is 0 Å². The van der Waals surface area contributed by atoms with Crippen molar-refractivity contribution < 1.29 is 9.18 Å². The standard InChI is InChI=1S/C16H16ClFN2O/c1-2-4-14-8-12(9-15(17)20-14)16(21)19-10-11-5-3-6-13(18)7-11/h3,5-9H,2,4,10H2,1H3,(H,19,21). The molecule has 3 nitrogen and oxygen atoms in total. The van der Waals surface area contributed by atoms with E-state index in [0.29, 0.717) is 16.3 Å². The molecule has 0 spiro atoms. The summed E-state index contributed by atoms with van der Waals surface area (Å²) < 4.78 is 13.1. The van der Waals surface area contributed by atoms with E-state index in [1.54, 1.807) is 18.2 Å². The number of carbonyl (C=O) groups is 1.